The summed E-state index contributed by atoms with van der Waals surface area (Å²) in [6.07, 6.45) is 39.1. The first kappa shape index (κ1) is 50.9. The molecule has 0 saturated carbocycles. The third-order valence-electron chi connectivity index (χ3n) is 11.3. The molecule has 0 spiro atoms. The number of hydrogen-bond acceptors (Lipinski definition) is 4. The van der Waals surface area contributed by atoms with Gasteiger partial charge >= 0.3 is 0 Å². The maximum absolute atomic E-state index is 13.5. The van der Waals surface area contributed by atoms with E-state index in [0.29, 0.717) is 18.2 Å². The molecule has 310 valence electrons. The van der Waals surface area contributed by atoms with E-state index in [4.69, 9.17) is 0 Å². The lowest BCUT2D eigenvalue weighted by Crippen LogP contribution is -2.34. The van der Waals surface area contributed by atoms with Crippen LogP contribution in [0.3, 0.4) is 0 Å². The van der Waals surface area contributed by atoms with Crippen LogP contribution < -0.4 is 0 Å². The third kappa shape index (κ3) is 32.3. The predicted molar refractivity (Wildman–Crippen MR) is 227 cm³/mol. The van der Waals surface area contributed by atoms with Gasteiger partial charge in [-0.05, 0) is 58.0 Å². The van der Waals surface area contributed by atoms with Crippen molar-refractivity contribution < 1.29 is 14.7 Å². The van der Waals surface area contributed by atoms with E-state index in [1.807, 2.05) is 23.9 Å². The van der Waals surface area contributed by atoms with Crippen LogP contribution in [-0.2, 0) is 9.59 Å². The van der Waals surface area contributed by atoms with Crippen LogP contribution in [0.1, 0.15) is 226 Å². The number of carbonyl (C=O) groups is 2. The highest BCUT2D eigenvalue weighted by molar-refractivity contribution is 5.78. The van der Waals surface area contributed by atoms with Crippen LogP contribution >= 0.6 is 0 Å². The molecule has 0 heterocycles. The summed E-state index contributed by atoms with van der Waals surface area (Å²) < 4.78 is 0. The number of carbonyl (C=O) groups excluding carboxylic acids is 2. The molecule has 0 fully saturated rings. The first-order valence-corrected chi connectivity index (χ1v) is 23.2. The van der Waals surface area contributed by atoms with E-state index in [-0.39, 0.29) is 12.5 Å². The first-order chi connectivity index (χ1) is 25.4. The summed E-state index contributed by atoms with van der Waals surface area (Å²) in [5.41, 5.74) is 0. The number of hydrogen-bond donors (Lipinski definition) is 1. The van der Waals surface area contributed by atoms with Gasteiger partial charge in [0.2, 0.25) is 11.8 Å². The molecule has 0 aromatic heterocycles. The van der Waals surface area contributed by atoms with Gasteiger partial charge in [-0.2, -0.15) is 0 Å². The van der Waals surface area contributed by atoms with Gasteiger partial charge in [0, 0.05) is 46.1 Å². The molecule has 0 bridgehead atoms. The van der Waals surface area contributed by atoms with Gasteiger partial charge in [-0.1, -0.05) is 175 Å². The van der Waals surface area contributed by atoms with E-state index in [2.05, 4.69) is 25.7 Å². The molecule has 0 unspecified atom stereocenters. The molecule has 0 aliphatic carbocycles. The van der Waals surface area contributed by atoms with Crippen LogP contribution in [0.15, 0.2) is 0 Å². The quantitative estimate of drug-likeness (QED) is 0.0635. The van der Waals surface area contributed by atoms with Crippen molar-refractivity contribution in [3.63, 3.8) is 0 Å². The molecule has 0 radical (unpaired) electrons. The average Bonchev–Trinajstić information content (AvgIpc) is 3.14. The number of unbranched alkanes of at least 4 members (excludes halogenated alkanes) is 24. The zero-order valence-corrected chi connectivity index (χ0v) is 36.1. The maximum atomic E-state index is 13.5. The van der Waals surface area contributed by atoms with E-state index in [1.165, 1.54) is 154 Å². The highest BCUT2D eigenvalue weighted by atomic mass is 16.3. The molecule has 0 aromatic carbocycles. The number of amides is 2. The molecule has 0 saturated heterocycles. The van der Waals surface area contributed by atoms with Gasteiger partial charge in [-0.3, -0.25) is 9.59 Å². The Morgan fingerprint density at radius 1 is 0.423 bits per heavy atom. The molecule has 1 N–H and O–H groups in total. The second kappa shape index (κ2) is 39.6. The Balaban J connectivity index is 4.15. The van der Waals surface area contributed by atoms with Crippen LogP contribution in [0, 0.1) is 5.92 Å². The standard InChI is InChI=1S/C46H93N3O3/c1-6-9-12-15-18-19-20-24-30-37-45(51)47(4)38-31-25-21-26-33-40-49(42-43-50)41-34-27-32-39-48(5)46(52)44(35-28-22-16-13-10-7-2)36-29-23-17-14-11-8-3/h44,50H,6-43H2,1-5H3. The molecular weight excluding hydrogens is 643 g/mol. The Morgan fingerprint density at radius 2 is 0.769 bits per heavy atom. The van der Waals surface area contributed by atoms with Crippen molar-refractivity contribution in [1.29, 1.82) is 0 Å². The van der Waals surface area contributed by atoms with Crippen LogP contribution in [-0.4, -0.2) is 85.0 Å². The fourth-order valence-corrected chi connectivity index (χ4v) is 7.61. The normalized spacial score (nSPS) is 11.6. The number of nitrogens with zero attached hydrogens (tertiary/aromatic N) is 3. The number of aliphatic hydroxyl groups excluding tert-OH is 1. The van der Waals surface area contributed by atoms with Crippen molar-refractivity contribution in [2.75, 3.05) is 53.4 Å². The predicted octanol–water partition coefficient (Wildman–Crippen LogP) is 12.4. The van der Waals surface area contributed by atoms with Gasteiger partial charge in [-0.25, -0.2) is 0 Å². The van der Waals surface area contributed by atoms with Crippen LogP contribution in [0.25, 0.3) is 0 Å². The SMILES string of the molecule is CCCCCCCCCCCC(=O)N(C)CCCCCCCN(CCO)CCCCCN(C)C(=O)C(CCCCCCCC)CCCCCCCC. The van der Waals surface area contributed by atoms with E-state index in [1.54, 1.807) is 0 Å². The summed E-state index contributed by atoms with van der Waals surface area (Å²) in [5.74, 6) is 0.911. The molecule has 2 amide bonds. The smallest absolute Gasteiger partial charge is 0.225 e. The Hall–Kier alpha value is -1.14. The Labute approximate surface area is 326 Å². The van der Waals surface area contributed by atoms with Crippen molar-refractivity contribution in [2.24, 2.45) is 5.92 Å². The third-order valence-corrected chi connectivity index (χ3v) is 11.3. The van der Waals surface area contributed by atoms with E-state index in [9.17, 15) is 14.7 Å². The average molecular weight is 736 g/mol. The van der Waals surface area contributed by atoms with Gasteiger partial charge in [0.15, 0.2) is 0 Å². The highest BCUT2D eigenvalue weighted by Crippen LogP contribution is 2.22. The molecule has 0 aliphatic heterocycles. The fraction of sp³-hybridized carbons (Fsp3) is 0.957. The van der Waals surface area contributed by atoms with Crippen molar-refractivity contribution in [1.82, 2.24) is 14.7 Å². The second-order valence-electron chi connectivity index (χ2n) is 16.4. The van der Waals surface area contributed by atoms with Gasteiger partial charge in [0.25, 0.3) is 0 Å². The summed E-state index contributed by atoms with van der Waals surface area (Å²) in [5, 5.41) is 9.64. The molecule has 52 heavy (non-hydrogen) atoms. The Bertz CT molecular complexity index is 747. The summed E-state index contributed by atoms with van der Waals surface area (Å²) in [6, 6.07) is 0. The Kier molecular flexibility index (Phi) is 38.7. The van der Waals surface area contributed by atoms with Crippen LogP contribution in [0.4, 0.5) is 0 Å². The van der Waals surface area contributed by atoms with Gasteiger partial charge in [0.05, 0.1) is 6.61 Å². The van der Waals surface area contributed by atoms with Crippen LogP contribution in [0.5, 0.6) is 0 Å². The number of rotatable bonds is 41. The summed E-state index contributed by atoms with van der Waals surface area (Å²) in [7, 11) is 4.01. The monoisotopic (exact) mass is 736 g/mol. The minimum atomic E-state index is 0.208. The number of aliphatic hydroxyl groups is 1. The second-order valence-corrected chi connectivity index (χ2v) is 16.4. The molecule has 6 nitrogen and oxygen atoms in total. The topological polar surface area (TPSA) is 64.1 Å². The minimum Gasteiger partial charge on any atom is -0.395 e. The molecule has 0 aromatic rings. The van der Waals surface area contributed by atoms with E-state index >= 15 is 0 Å². The lowest BCUT2D eigenvalue weighted by Gasteiger charge is -2.25. The van der Waals surface area contributed by atoms with Crippen molar-refractivity contribution >= 4 is 11.8 Å². The van der Waals surface area contributed by atoms with Gasteiger partial charge in [0.1, 0.15) is 0 Å². The largest absolute Gasteiger partial charge is 0.395 e. The molecule has 6 heteroatoms. The molecule has 0 rings (SSSR count). The summed E-state index contributed by atoms with van der Waals surface area (Å²) >= 11 is 0. The molecular formula is C46H93N3O3. The van der Waals surface area contributed by atoms with Gasteiger partial charge < -0.3 is 19.8 Å². The molecule has 0 atom stereocenters. The van der Waals surface area contributed by atoms with Crippen molar-refractivity contribution in [3.05, 3.63) is 0 Å². The summed E-state index contributed by atoms with van der Waals surface area (Å²) in [4.78, 5) is 32.4. The Morgan fingerprint density at radius 3 is 1.21 bits per heavy atom. The maximum Gasteiger partial charge on any atom is 0.225 e. The van der Waals surface area contributed by atoms with E-state index < -0.39 is 0 Å². The van der Waals surface area contributed by atoms with Crippen LogP contribution in [0.2, 0.25) is 0 Å². The van der Waals surface area contributed by atoms with E-state index in [0.717, 1.165) is 77.7 Å². The van der Waals surface area contributed by atoms with Crippen molar-refractivity contribution in [2.45, 2.75) is 226 Å². The summed E-state index contributed by atoms with van der Waals surface area (Å²) in [6.45, 7) is 11.6. The zero-order valence-electron chi connectivity index (χ0n) is 36.1. The fourth-order valence-electron chi connectivity index (χ4n) is 7.61. The minimum absolute atomic E-state index is 0.208. The first-order valence-electron chi connectivity index (χ1n) is 23.2. The molecule has 0 aliphatic rings. The highest BCUT2D eigenvalue weighted by Gasteiger charge is 2.21. The lowest BCUT2D eigenvalue weighted by atomic mass is 9.92. The van der Waals surface area contributed by atoms with Gasteiger partial charge in [-0.15, -0.1) is 0 Å². The lowest BCUT2D eigenvalue weighted by molar-refractivity contribution is -0.135. The van der Waals surface area contributed by atoms with Crippen molar-refractivity contribution in [3.8, 4) is 0 Å². The zero-order chi connectivity index (χ0) is 38.3.